The summed E-state index contributed by atoms with van der Waals surface area (Å²) < 4.78 is 0. The van der Waals surface area contributed by atoms with Gasteiger partial charge in [-0.05, 0) is 43.3 Å². The summed E-state index contributed by atoms with van der Waals surface area (Å²) in [6, 6.07) is 14.8. The average molecular weight is 281 g/mol. The number of piperazine rings is 1. The molecule has 1 aliphatic rings. The number of nitrogens with two attached hydrogens (primary N) is 1. The van der Waals surface area contributed by atoms with Crippen molar-refractivity contribution in [3.63, 3.8) is 0 Å². The molecule has 1 heterocycles. The SMILES string of the molecule is Cc1ccccc1-c1cc(N2CCN(C)CC2)ccc1N. The predicted octanol–water partition coefficient (Wildman–Crippen LogP) is 3.00. The highest BCUT2D eigenvalue weighted by atomic mass is 15.2. The molecule has 0 spiro atoms. The van der Waals surface area contributed by atoms with Crippen LogP contribution in [0.1, 0.15) is 5.56 Å². The van der Waals surface area contributed by atoms with Crippen LogP contribution in [0.15, 0.2) is 42.5 Å². The Morgan fingerprint density at radius 2 is 1.62 bits per heavy atom. The zero-order chi connectivity index (χ0) is 14.8. The quantitative estimate of drug-likeness (QED) is 0.859. The van der Waals surface area contributed by atoms with Crippen LogP contribution in [-0.2, 0) is 0 Å². The molecular weight excluding hydrogens is 258 g/mol. The number of hydrogen-bond acceptors (Lipinski definition) is 3. The van der Waals surface area contributed by atoms with Gasteiger partial charge in [-0.2, -0.15) is 0 Å². The lowest BCUT2D eigenvalue weighted by molar-refractivity contribution is 0.313. The van der Waals surface area contributed by atoms with Gasteiger partial charge in [0.2, 0.25) is 0 Å². The van der Waals surface area contributed by atoms with Crippen molar-refractivity contribution in [2.24, 2.45) is 0 Å². The van der Waals surface area contributed by atoms with E-state index in [1.54, 1.807) is 0 Å². The van der Waals surface area contributed by atoms with Crippen molar-refractivity contribution in [1.82, 2.24) is 4.90 Å². The number of anilines is 2. The highest BCUT2D eigenvalue weighted by molar-refractivity contribution is 5.81. The molecule has 0 unspecified atom stereocenters. The number of hydrogen-bond donors (Lipinski definition) is 1. The van der Waals surface area contributed by atoms with Gasteiger partial charge in [-0.1, -0.05) is 24.3 Å². The fourth-order valence-electron chi connectivity index (χ4n) is 2.91. The maximum atomic E-state index is 6.22. The molecule has 1 fully saturated rings. The molecule has 0 aliphatic carbocycles. The second kappa shape index (κ2) is 5.78. The van der Waals surface area contributed by atoms with E-state index in [0.29, 0.717) is 0 Å². The van der Waals surface area contributed by atoms with E-state index in [0.717, 1.165) is 37.4 Å². The third-order valence-corrected chi connectivity index (χ3v) is 4.34. The Morgan fingerprint density at radius 1 is 0.905 bits per heavy atom. The topological polar surface area (TPSA) is 32.5 Å². The van der Waals surface area contributed by atoms with E-state index in [4.69, 9.17) is 5.73 Å². The molecule has 0 radical (unpaired) electrons. The van der Waals surface area contributed by atoms with Gasteiger partial charge < -0.3 is 15.5 Å². The first-order chi connectivity index (χ1) is 10.1. The summed E-state index contributed by atoms with van der Waals surface area (Å²) in [5.41, 5.74) is 12.0. The molecule has 3 heteroatoms. The van der Waals surface area contributed by atoms with Gasteiger partial charge in [-0.15, -0.1) is 0 Å². The van der Waals surface area contributed by atoms with Crippen molar-refractivity contribution in [2.75, 3.05) is 43.9 Å². The van der Waals surface area contributed by atoms with Gasteiger partial charge in [0.25, 0.3) is 0 Å². The standard InChI is InChI=1S/C18H23N3/c1-14-5-3-4-6-16(14)17-13-15(7-8-18(17)19)21-11-9-20(2)10-12-21/h3-8,13H,9-12,19H2,1-2H3. The van der Waals surface area contributed by atoms with E-state index in [9.17, 15) is 0 Å². The van der Waals surface area contributed by atoms with Crippen LogP contribution in [0.25, 0.3) is 11.1 Å². The summed E-state index contributed by atoms with van der Waals surface area (Å²) in [5, 5.41) is 0. The minimum absolute atomic E-state index is 0.849. The van der Waals surface area contributed by atoms with Gasteiger partial charge in [-0.3, -0.25) is 0 Å². The van der Waals surface area contributed by atoms with Crippen molar-refractivity contribution in [2.45, 2.75) is 6.92 Å². The van der Waals surface area contributed by atoms with Crippen LogP contribution < -0.4 is 10.6 Å². The highest BCUT2D eigenvalue weighted by Crippen LogP contribution is 2.32. The van der Waals surface area contributed by atoms with Crippen molar-refractivity contribution in [1.29, 1.82) is 0 Å². The van der Waals surface area contributed by atoms with E-state index < -0.39 is 0 Å². The van der Waals surface area contributed by atoms with Gasteiger partial charge >= 0.3 is 0 Å². The molecule has 3 rings (SSSR count). The first-order valence-corrected chi connectivity index (χ1v) is 7.54. The van der Waals surface area contributed by atoms with Crippen molar-refractivity contribution in [3.8, 4) is 11.1 Å². The molecule has 1 saturated heterocycles. The maximum absolute atomic E-state index is 6.22. The first-order valence-electron chi connectivity index (χ1n) is 7.54. The molecule has 1 aliphatic heterocycles. The lowest BCUT2D eigenvalue weighted by Gasteiger charge is -2.34. The Bertz CT molecular complexity index is 628. The van der Waals surface area contributed by atoms with Gasteiger partial charge in [0.15, 0.2) is 0 Å². The highest BCUT2D eigenvalue weighted by Gasteiger charge is 2.15. The number of likely N-dealkylation sites (N-methyl/N-ethyl adjacent to an activating group) is 1. The summed E-state index contributed by atoms with van der Waals surface area (Å²) in [6.45, 7) is 6.52. The second-order valence-electron chi connectivity index (χ2n) is 5.88. The zero-order valence-electron chi connectivity index (χ0n) is 12.8. The molecule has 0 aromatic heterocycles. The largest absolute Gasteiger partial charge is 0.398 e. The summed E-state index contributed by atoms with van der Waals surface area (Å²) in [7, 11) is 2.18. The third-order valence-electron chi connectivity index (χ3n) is 4.34. The number of aryl methyl sites for hydroxylation is 1. The summed E-state index contributed by atoms with van der Waals surface area (Å²) in [4.78, 5) is 4.82. The Balaban J connectivity index is 1.95. The Hall–Kier alpha value is -2.00. The van der Waals surface area contributed by atoms with E-state index in [1.165, 1.54) is 16.8 Å². The van der Waals surface area contributed by atoms with E-state index in [2.05, 4.69) is 60.2 Å². The van der Waals surface area contributed by atoms with Crippen LogP contribution in [0.2, 0.25) is 0 Å². The van der Waals surface area contributed by atoms with Gasteiger partial charge in [0.1, 0.15) is 0 Å². The average Bonchev–Trinajstić information content (AvgIpc) is 2.50. The molecule has 0 atom stereocenters. The molecular formula is C18H23N3. The Labute approximate surface area is 127 Å². The van der Waals surface area contributed by atoms with Crippen molar-refractivity contribution >= 4 is 11.4 Å². The van der Waals surface area contributed by atoms with E-state index in [1.807, 2.05) is 6.07 Å². The van der Waals surface area contributed by atoms with Crippen LogP contribution in [0.3, 0.4) is 0 Å². The molecule has 0 bridgehead atoms. The molecule has 2 aromatic carbocycles. The fourth-order valence-corrected chi connectivity index (χ4v) is 2.91. The molecule has 21 heavy (non-hydrogen) atoms. The minimum Gasteiger partial charge on any atom is -0.398 e. The summed E-state index contributed by atoms with van der Waals surface area (Å²) in [5.74, 6) is 0. The Kier molecular flexibility index (Phi) is 3.84. The van der Waals surface area contributed by atoms with Crippen LogP contribution in [-0.4, -0.2) is 38.1 Å². The zero-order valence-corrected chi connectivity index (χ0v) is 12.8. The van der Waals surface area contributed by atoms with Crippen molar-refractivity contribution < 1.29 is 0 Å². The molecule has 2 N–H and O–H groups in total. The summed E-state index contributed by atoms with van der Waals surface area (Å²) in [6.07, 6.45) is 0. The van der Waals surface area contributed by atoms with Crippen LogP contribution in [0.4, 0.5) is 11.4 Å². The number of nitrogens with zero attached hydrogens (tertiary/aromatic N) is 2. The molecule has 0 saturated carbocycles. The number of benzene rings is 2. The molecule has 110 valence electrons. The van der Waals surface area contributed by atoms with Gasteiger partial charge in [0, 0.05) is 43.1 Å². The third kappa shape index (κ3) is 2.88. The predicted molar refractivity (Wildman–Crippen MR) is 90.7 cm³/mol. The first kappa shape index (κ1) is 14.0. The lowest BCUT2D eigenvalue weighted by atomic mass is 9.98. The van der Waals surface area contributed by atoms with Gasteiger partial charge in [0.05, 0.1) is 0 Å². The van der Waals surface area contributed by atoms with E-state index in [-0.39, 0.29) is 0 Å². The molecule has 0 amide bonds. The van der Waals surface area contributed by atoms with E-state index >= 15 is 0 Å². The second-order valence-corrected chi connectivity index (χ2v) is 5.88. The molecule has 3 nitrogen and oxygen atoms in total. The normalized spacial score (nSPS) is 16.2. The molecule has 2 aromatic rings. The monoisotopic (exact) mass is 281 g/mol. The van der Waals surface area contributed by atoms with Crippen molar-refractivity contribution in [3.05, 3.63) is 48.0 Å². The fraction of sp³-hybridized carbons (Fsp3) is 0.333. The minimum atomic E-state index is 0.849. The van der Waals surface area contributed by atoms with Gasteiger partial charge in [-0.25, -0.2) is 0 Å². The maximum Gasteiger partial charge on any atom is 0.0395 e. The lowest BCUT2D eigenvalue weighted by Crippen LogP contribution is -2.44. The number of rotatable bonds is 2. The summed E-state index contributed by atoms with van der Waals surface area (Å²) >= 11 is 0. The van der Waals surface area contributed by atoms with Crippen LogP contribution in [0, 0.1) is 6.92 Å². The Morgan fingerprint density at radius 3 is 2.33 bits per heavy atom. The smallest absolute Gasteiger partial charge is 0.0395 e. The number of nitrogen functional groups attached to an aromatic ring is 1. The van der Waals surface area contributed by atoms with Crippen LogP contribution in [0.5, 0.6) is 0 Å². The van der Waals surface area contributed by atoms with Crippen LogP contribution >= 0.6 is 0 Å².